The van der Waals surface area contributed by atoms with E-state index in [9.17, 15) is 0 Å². The van der Waals surface area contributed by atoms with Gasteiger partial charge in [0.1, 0.15) is 0 Å². The van der Waals surface area contributed by atoms with E-state index in [1.807, 2.05) is 0 Å². The Bertz CT molecular complexity index is 2760. The molecule has 9 aromatic rings. The van der Waals surface area contributed by atoms with E-state index < -0.39 is 8.07 Å². The van der Waals surface area contributed by atoms with Crippen LogP contribution in [0, 0.1) is 0 Å². The predicted octanol–water partition coefficient (Wildman–Crippen LogP) is 15.8. The Labute approximate surface area is 356 Å². The summed E-state index contributed by atoms with van der Waals surface area (Å²) in [7, 11) is -1.43. The average molecular weight is 789 g/mol. The van der Waals surface area contributed by atoms with Gasteiger partial charge in [-0.2, -0.15) is 0 Å². The molecule has 0 radical (unpaired) electrons. The predicted molar refractivity (Wildman–Crippen MR) is 261 cm³/mol. The highest BCUT2D eigenvalue weighted by Crippen LogP contribution is 2.39. The van der Waals surface area contributed by atoms with Crippen molar-refractivity contribution in [2.75, 3.05) is 9.80 Å². The van der Waals surface area contributed by atoms with Gasteiger partial charge < -0.3 is 9.80 Å². The number of benzene rings is 9. The maximum absolute atomic E-state index is 2.40. The van der Waals surface area contributed by atoms with Crippen LogP contribution in [-0.4, -0.2) is 8.07 Å². The van der Waals surface area contributed by atoms with Crippen LogP contribution in [0.5, 0.6) is 0 Å². The van der Waals surface area contributed by atoms with Crippen LogP contribution >= 0.6 is 0 Å². The van der Waals surface area contributed by atoms with Crippen molar-refractivity contribution in [3.8, 4) is 44.5 Å². The molecule has 0 unspecified atom stereocenters. The van der Waals surface area contributed by atoms with Gasteiger partial charge in [-0.25, -0.2) is 0 Å². The van der Waals surface area contributed by atoms with Crippen molar-refractivity contribution >= 4 is 47.4 Å². The van der Waals surface area contributed by atoms with Crippen LogP contribution in [-0.2, 0) is 0 Å². The lowest BCUT2D eigenvalue weighted by Gasteiger charge is -2.27. The Morgan fingerprint density at radius 3 is 0.683 bits per heavy atom. The third-order valence-corrected chi connectivity index (χ3v) is 13.3. The molecular weight excluding hydrogens is 741 g/mol. The van der Waals surface area contributed by atoms with E-state index in [2.05, 4.69) is 266 Å². The molecule has 0 bridgehead atoms. The summed E-state index contributed by atoms with van der Waals surface area (Å²) < 4.78 is 0. The molecule has 0 heterocycles. The summed E-state index contributed by atoms with van der Waals surface area (Å²) in [5.41, 5.74) is 16.4. The molecule has 0 spiro atoms. The lowest BCUT2D eigenvalue weighted by Crippen LogP contribution is -2.37. The second-order valence-electron chi connectivity index (χ2n) is 16.3. The van der Waals surface area contributed by atoms with Gasteiger partial charge >= 0.3 is 0 Å². The molecule has 0 saturated carbocycles. The number of hydrogen-bond acceptors (Lipinski definition) is 2. The van der Waals surface area contributed by atoms with Crippen LogP contribution in [0.15, 0.2) is 237 Å². The van der Waals surface area contributed by atoms with Gasteiger partial charge in [0.15, 0.2) is 0 Å². The van der Waals surface area contributed by atoms with Crippen molar-refractivity contribution in [1.82, 2.24) is 0 Å². The third-order valence-electron chi connectivity index (χ3n) is 11.3. The summed E-state index contributed by atoms with van der Waals surface area (Å²) in [4.78, 5) is 4.67. The molecule has 0 aliphatic rings. The van der Waals surface area contributed by atoms with Crippen molar-refractivity contribution < 1.29 is 0 Å². The van der Waals surface area contributed by atoms with Gasteiger partial charge in [-0.1, -0.05) is 189 Å². The first-order valence-electron chi connectivity index (χ1n) is 20.8. The molecule has 0 N–H and O–H groups in total. The fourth-order valence-electron chi connectivity index (χ4n) is 7.91. The Kier molecular flexibility index (Phi) is 10.8. The van der Waals surface area contributed by atoms with E-state index in [0.717, 1.165) is 34.1 Å². The van der Waals surface area contributed by atoms with Crippen molar-refractivity contribution in [1.29, 1.82) is 0 Å². The molecule has 0 atom stereocenters. The summed E-state index contributed by atoms with van der Waals surface area (Å²) in [6.45, 7) is 7.20. The molecular formula is C57H48N2Si. The van der Waals surface area contributed by atoms with Crippen LogP contribution in [0.1, 0.15) is 0 Å². The molecule has 2 nitrogen and oxygen atoms in total. The van der Waals surface area contributed by atoms with Crippen molar-refractivity contribution in [3.63, 3.8) is 0 Å². The smallest absolute Gasteiger partial charge is 0.0775 e. The summed E-state index contributed by atoms with van der Waals surface area (Å²) >= 11 is 0. The lowest BCUT2D eigenvalue weighted by atomic mass is 9.99. The Balaban J connectivity index is 0.958. The van der Waals surface area contributed by atoms with Gasteiger partial charge in [0.05, 0.1) is 8.07 Å². The van der Waals surface area contributed by atoms with Crippen LogP contribution in [0.3, 0.4) is 0 Å². The molecule has 0 amide bonds. The SMILES string of the molecule is C[Si](C)(C)c1ccc(N(c2ccc(-c3ccccc3)cc2)c2ccc(-c3ccc(-c4ccc(N(c5ccccc5)c5ccc(-c6ccccc6)cc5)cc4)cc3)cc2)cc1. The average Bonchev–Trinajstić information content (AvgIpc) is 3.31. The molecule has 9 aromatic carbocycles. The highest BCUT2D eigenvalue weighted by molar-refractivity contribution is 6.88. The van der Waals surface area contributed by atoms with E-state index in [4.69, 9.17) is 0 Å². The summed E-state index contributed by atoms with van der Waals surface area (Å²) in [5, 5.41) is 1.46. The van der Waals surface area contributed by atoms with Crippen LogP contribution in [0.2, 0.25) is 19.6 Å². The fraction of sp³-hybridized carbons (Fsp3) is 0.0526. The van der Waals surface area contributed by atoms with Crippen LogP contribution < -0.4 is 15.0 Å². The largest absolute Gasteiger partial charge is 0.311 e. The number of rotatable bonds is 11. The Morgan fingerprint density at radius 2 is 0.417 bits per heavy atom. The number of para-hydroxylation sites is 1. The molecule has 3 heteroatoms. The molecule has 0 aromatic heterocycles. The highest BCUT2D eigenvalue weighted by atomic mass is 28.3. The summed E-state index contributed by atoms with van der Waals surface area (Å²) in [6, 6.07) is 85.4. The van der Waals surface area contributed by atoms with E-state index in [1.165, 1.54) is 49.7 Å². The first-order valence-corrected chi connectivity index (χ1v) is 24.3. The van der Waals surface area contributed by atoms with E-state index >= 15 is 0 Å². The van der Waals surface area contributed by atoms with E-state index in [-0.39, 0.29) is 0 Å². The third kappa shape index (κ3) is 8.35. The van der Waals surface area contributed by atoms with Gasteiger partial charge in [0, 0.05) is 34.1 Å². The fourth-order valence-corrected chi connectivity index (χ4v) is 9.08. The quantitative estimate of drug-likeness (QED) is 0.120. The van der Waals surface area contributed by atoms with Gasteiger partial charge in [0.2, 0.25) is 0 Å². The monoisotopic (exact) mass is 788 g/mol. The minimum atomic E-state index is -1.43. The van der Waals surface area contributed by atoms with Gasteiger partial charge in [-0.15, -0.1) is 0 Å². The molecule has 0 aliphatic heterocycles. The summed E-state index contributed by atoms with van der Waals surface area (Å²) in [6.07, 6.45) is 0. The van der Waals surface area contributed by atoms with E-state index in [0.29, 0.717) is 0 Å². The van der Waals surface area contributed by atoms with Crippen molar-refractivity contribution in [3.05, 3.63) is 237 Å². The Hall–Kier alpha value is -7.20. The summed E-state index contributed by atoms with van der Waals surface area (Å²) in [5.74, 6) is 0. The van der Waals surface area contributed by atoms with Gasteiger partial charge in [-0.05, 0) is 117 Å². The molecule has 290 valence electrons. The first kappa shape index (κ1) is 38.3. The minimum Gasteiger partial charge on any atom is -0.311 e. The zero-order chi connectivity index (χ0) is 40.9. The van der Waals surface area contributed by atoms with Crippen LogP contribution in [0.4, 0.5) is 34.1 Å². The maximum Gasteiger partial charge on any atom is 0.0775 e. The molecule has 0 saturated heterocycles. The number of nitrogens with zero attached hydrogens (tertiary/aromatic N) is 2. The Morgan fingerprint density at radius 1 is 0.217 bits per heavy atom. The standard InChI is InChI=1S/C57H48N2Si/c1-60(2,3)57-41-39-56(40-42-57)59(54-33-25-48(26-34-54)44-15-9-5-10-16-44)55-37-29-50(30-38-55)46-21-19-45(20-22-46)49-27-35-53(36-28-49)58(51-17-11-6-12-18-51)52-31-23-47(24-32-52)43-13-7-4-8-14-43/h4-42H,1-3H3. The molecule has 0 aliphatic carbocycles. The van der Waals surface area contributed by atoms with Gasteiger partial charge in [0.25, 0.3) is 0 Å². The zero-order valence-electron chi connectivity index (χ0n) is 34.4. The maximum atomic E-state index is 2.40. The number of hydrogen-bond donors (Lipinski definition) is 0. The van der Waals surface area contributed by atoms with Crippen molar-refractivity contribution in [2.45, 2.75) is 19.6 Å². The second-order valence-corrected chi connectivity index (χ2v) is 21.4. The topological polar surface area (TPSA) is 6.48 Å². The highest BCUT2D eigenvalue weighted by Gasteiger charge is 2.19. The van der Waals surface area contributed by atoms with Gasteiger partial charge in [-0.3, -0.25) is 0 Å². The molecule has 0 fully saturated rings. The zero-order valence-corrected chi connectivity index (χ0v) is 35.4. The minimum absolute atomic E-state index is 1.11. The lowest BCUT2D eigenvalue weighted by molar-refractivity contribution is 1.28. The second kappa shape index (κ2) is 17.0. The van der Waals surface area contributed by atoms with Crippen LogP contribution in [0.25, 0.3) is 44.5 Å². The normalized spacial score (nSPS) is 11.2. The number of anilines is 6. The molecule has 9 rings (SSSR count). The van der Waals surface area contributed by atoms with E-state index in [1.54, 1.807) is 0 Å². The molecule has 60 heavy (non-hydrogen) atoms. The first-order chi connectivity index (χ1) is 29.4. The van der Waals surface area contributed by atoms with Crippen molar-refractivity contribution in [2.24, 2.45) is 0 Å².